The van der Waals surface area contributed by atoms with Crippen molar-refractivity contribution in [1.82, 2.24) is 10.6 Å². The summed E-state index contributed by atoms with van der Waals surface area (Å²) in [5.41, 5.74) is 0. The molecule has 0 aromatic carbocycles. The highest BCUT2D eigenvalue weighted by molar-refractivity contribution is 5.76. The first-order valence-corrected chi connectivity index (χ1v) is 23.2. The molecule has 0 bridgehead atoms. The predicted molar refractivity (Wildman–Crippen MR) is 222 cm³/mol. The van der Waals surface area contributed by atoms with Crippen molar-refractivity contribution in [2.24, 2.45) is 0 Å². The minimum absolute atomic E-state index is 0.241. The number of nitrogens with one attached hydrogen (secondary N) is 2. The Hall–Kier alpha value is -1.06. The summed E-state index contributed by atoms with van der Waals surface area (Å²) in [4.78, 5) is 24.2. The van der Waals surface area contributed by atoms with Gasteiger partial charge in [0.2, 0.25) is 11.8 Å². The highest BCUT2D eigenvalue weighted by Crippen LogP contribution is 2.16. The molecular weight excluding hydrogens is 613 g/mol. The van der Waals surface area contributed by atoms with Crippen LogP contribution in [-0.2, 0) is 9.59 Å². The lowest BCUT2D eigenvalue weighted by Crippen LogP contribution is -2.24. The number of rotatable bonds is 43. The van der Waals surface area contributed by atoms with Crippen molar-refractivity contribution in [1.29, 1.82) is 0 Å². The van der Waals surface area contributed by atoms with Crippen molar-refractivity contribution in [3.8, 4) is 0 Å². The molecule has 0 aliphatic carbocycles. The van der Waals surface area contributed by atoms with Crippen LogP contribution in [0.1, 0.15) is 271 Å². The number of hydrogen-bond acceptors (Lipinski definition) is 2. The van der Waals surface area contributed by atoms with Gasteiger partial charge in [-0.2, -0.15) is 0 Å². The van der Waals surface area contributed by atoms with Gasteiger partial charge in [0, 0.05) is 25.9 Å². The summed E-state index contributed by atoms with van der Waals surface area (Å²) in [5, 5.41) is 6.24. The summed E-state index contributed by atoms with van der Waals surface area (Å²) in [6.45, 7) is 6.23. The van der Waals surface area contributed by atoms with Gasteiger partial charge in [0.1, 0.15) is 0 Å². The molecule has 0 aromatic heterocycles. The standard InChI is InChI=1S/C46H92N2O2/c1-3-5-7-9-11-13-15-17-19-21-23-25-27-29-33-37-41-45(49)47-43-39-35-31-32-36-40-44-48-46(50)42-38-34-30-28-26-24-22-20-18-16-14-12-10-8-6-4-2/h3-44H2,1-2H3,(H,47,49)(H,48,50). The van der Waals surface area contributed by atoms with Crippen LogP contribution in [0.3, 0.4) is 0 Å². The second kappa shape index (κ2) is 44.1. The Bertz CT molecular complexity index is 611. The van der Waals surface area contributed by atoms with E-state index >= 15 is 0 Å². The fraction of sp³-hybridized carbons (Fsp3) is 0.957. The maximum atomic E-state index is 12.1. The van der Waals surface area contributed by atoms with E-state index in [1.807, 2.05) is 0 Å². The molecular formula is C46H92N2O2. The molecule has 0 fully saturated rings. The molecule has 0 heterocycles. The Balaban J connectivity index is 3.23. The lowest BCUT2D eigenvalue weighted by atomic mass is 10.0. The Morgan fingerprint density at radius 1 is 0.260 bits per heavy atom. The number of unbranched alkanes of at least 4 members (excludes halogenated alkanes) is 35. The van der Waals surface area contributed by atoms with Crippen molar-refractivity contribution in [2.45, 2.75) is 271 Å². The van der Waals surface area contributed by atoms with Gasteiger partial charge in [-0.3, -0.25) is 9.59 Å². The molecule has 0 unspecified atom stereocenters. The molecule has 2 amide bonds. The molecule has 0 aliphatic rings. The summed E-state index contributed by atoms with van der Waals surface area (Å²) in [5.74, 6) is 0.483. The van der Waals surface area contributed by atoms with Crippen LogP contribution in [-0.4, -0.2) is 24.9 Å². The van der Waals surface area contributed by atoms with Crippen LogP contribution in [0.5, 0.6) is 0 Å². The van der Waals surface area contributed by atoms with Crippen LogP contribution in [0.4, 0.5) is 0 Å². The second-order valence-corrected chi connectivity index (χ2v) is 15.9. The SMILES string of the molecule is CCCCCCCCCCCCCCCCCCC(=O)NCCCCCCCCNC(=O)CCCCCCCCCCCCCCCCCC. The fourth-order valence-corrected chi connectivity index (χ4v) is 7.26. The highest BCUT2D eigenvalue weighted by Gasteiger charge is 2.03. The highest BCUT2D eigenvalue weighted by atomic mass is 16.2. The number of amides is 2. The van der Waals surface area contributed by atoms with Gasteiger partial charge in [-0.25, -0.2) is 0 Å². The van der Waals surface area contributed by atoms with Gasteiger partial charge in [0.15, 0.2) is 0 Å². The van der Waals surface area contributed by atoms with E-state index in [1.165, 1.54) is 218 Å². The summed E-state index contributed by atoms with van der Waals surface area (Å²) in [7, 11) is 0. The number of carbonyl (C=O) groups excluding carboxylic acids is 2. The lowest BCUT2D eigenvalue weighted by Gasteiger charge is -2.07. The first-order valence-electron chi connectivity index (χ1n) is 23.2. The monoisotopic (exact) mass is 705 g/mol. The second-order valence-electron chi connectivity index (χ2n) is 15.9. The Kier molecular flexibility index (Phi) is 43.2. The molecule has 50 heavy (non-hydrogen) atoms. The van der Waals surface area contributed by atoms with E-state index in [9.17, 15) is 9.59 Å². The number of hydrogen-bond donors (Lipinski definition) is 2. The minimum Gasteiger partial charge on any atom is -0.356 e. The van der Waals surface area contributed by atoms with E-state index in [-0.39, 0.29) is 11.8 Å². The van der Waals surface area contributed by atoms with Crippen molar-refractivity contribution in [3.63, 3.8) is 0 Å². The van der Waals surface area contributed by atoms with Gasteiger partial charge in [-0.05, 0) is 25.7 Å². The molecule has 4 heteroatoms. The van der Waals surface area contributed by atoms with Gasteiger partial charge in [-0.1, -0.05) is 232 Å². The molecule has 2 N–H and O–H groups in total. The quantitative estimate of drug-likeness (QED) is 0.0621. The molecule has 0 aliphatic heterocycles. The zero-order valence-corrected chi connectivity index (χ0v) is 34.5. The fourth-order valence-electron chi connectivity index (χ4n) is 7.26. The normalized spacial score (nSPS) is 11.3. The molecule has 4 nitrogen and oxygen atoms in total. The van der Waals surface area contributed by atoms with Gasteiger partial charge in [0.25, 0.3) is 0 Å². The Morgan fingerprint density at radius 2 is 0.440 bits per heavy atom. The third-order valence-electron chi connectivity index (χ3n) is 10.8. The van der Waals surface area contributed by atoms with Crippen LogP contribution in [0.2, 0.25) is 0 Å². The third kappa shape index (κ3) is 43.1. The topological polar surface area (TPSA) is 58.2 Å². The van der Waals surface area contributed by atoms with E-state index < -0.39 is 0 Å². The van der Waals surface area contributed by atoms with Crippen LogP contribution >= 0.6 is 0 Å². The Labute approximate surface area is 315 Å². The largest absolute Gasteiger partial charge is 0.356 e. The molecule has 0 radical (unpaired) electrons. The van der Waals surface area contributed by atoms with Gasteiger partial charge < -0.3 is 10.6 Å². The molecule has 0 spiro atoms. The van der Waals surface area contributed by atoms with Gasteiger partial charge in [0.05, 0.1) is 0 Å². The molecule has 298 valence electrons. The molecule has 0 atom stereocenters. The summed E-state index contributed by atoms with van der Waals surface area (Å²) in [6, 6.07) is 0. The van der Waals surface area contributed by atoms with Crippen LogP contribution in [0.25, 0.3) is 0 Å². The van der Waals surface area contributed by atoms with E-state index in [2.05, 4.69) is 24.5 Å². The predicted octanol–water partition coefficient (Wildman–Crippen LogP) is 14.9. The number of carbonyl (C=O) groups is 2. The lowest BCUT2D eigenvalue weighted by molar-refractivity contribution is -0.122. The van der Waals surface area contributed by atoms with Crippen LogP contribution in [0, 0.1) is 0 Å². The zero-order valence-electron chi connectivity index (χ0n) is 34.5. The zero-order chi connectivity index (χ0) is 36.3. The minimum atomic E-state index is 0.241. The van der Waals surface area contributed by atoms with E-state index in [0.29, 0.717) is 12.8 Å². The Morgan fingerprint density at radius 3 is 0.660 bits per heavy atom. The summed E-state index contributed by atoms with van der Waals surface area (Å²) >= 11 is 0. The van der Waals surface area contributed by atoms with E-state index in [4.69, 9.17) is 0 Å². The molecule has 0 aromatic rings. The van der Waals surface area contributed by atoms with E-state index in [0.717, 1.165) is 38.8 Å². The first-order chi connectivity index (χ1) is 24.7. The van der Waals surface area contributed by atoms with Gasteiger partial charge in [-0.15, -0.1) is 0 Å². The average Bonchev–Trinajstić information content (AvgIpc) is 3.12. The van der Waals surface area contributed by atoms with E-state index in [1.54, 1.807) is 0 Å². The van der Waals surface area contributed by atoms with Crippen LogP contribution in [0.15, 0.2) is 0 Å². The molecule has 0 saturated heterocycles. The smallest absolute Gasteiger partial charge is 0.219 e. The summed E-state index contributed by atoms with van der Waals surface area (Å²) in [6.07, 6.45) is 52.1. The maximum absolute atomic E-state index is 12.1. The first kappa shape index (κ1) is 48.9. The van der Waals surface area contributed by atoms with Crippen LogP contribution < -0.4 is 10.6 Å². The molecule has 0 saturated carbocycles. The van der Waals surface area contributed by atoms with Gasteiger partial charge >= 0.3 is 0 Å². The maximum Gasteiger partial charge on any atom is 0.219 e. The summed E-state index contributed by atoms with van der Waals surface area (Å²) < 4.78 is 0. The molecule has 0 rings (SSSR count). The van der Waals surface area contributed by atoms with Crippen molar-refractivity contribution < 1.29 is 9.59 Å². The van der Waals surface area contributed by atoms with Crippen molar-refractivity contribution >= 4 is 11.8 Å². The van der Waals surface area contributed by atoms with Crippen molar-refractivity contribution in [3.05, 3.63) is 0 Å². The third-order valence-corrected chi connectivity index (χ3v) is 10.8. The van der Waals surface area contributed by atoms with Crippen molar-refractivity contribution in [2.75, 3.05) is 13.1 Å². The average molecular weight is 705 g/mol.